The van der Waals surface area contributed by atoms with Crippen molar-refractivity contribution in [1.29, 1.82) is 0 Å². The van der Waals surface area contributed by atoms with E-state index in [0.717, 1.165) is 10.0 Å². The Morgan fingerprint density at radius 1 is 1.40 bits per heavy atom. The van der Waals surface area contributed by atoms with Gasteiger partial charge in [-0.05, 0) is 53.5 Å². The van der Waals surface area contributed by atoms with E-state index in [1.165, 1.54) is 0 Å². The number of rotatable bonds is 4. The van der Waals surface area contributed by atoms with Gasteiger partial charge >= 0.3 is 0 Å². The number of nitrogens with zero attached hydrogens (tertiary/aromatic N) is 1. The number of halogens is 1. The normalized spacial score (nSPS) is 10.8. The molecule has 1 aromatic carbocycles. The molecule has 4 nitrogen and oxygen atoms in total. The number of aliphatic hydroxyl groups is 1. The molecule has 5 heteroatoms. The van der Waals surface area contributed by atoms with Crippen LogP contribution in [0.2, 0.25) is 0 Å². The van der Waals surface area contributed by atoms with Crippen molar-refractivity contribution < 1.29 is 9.90 Å². The highest BCUT2D eigenvalue weighted by Gasteiger charge is 2.15. The molecule has 20 heavy (non-hydrogen) atoms. The molecule has 2 aromatic rings. The Labute approximate surface area is 126 Å². The van der Waals surface area contributed by atoms with Gasteiger partial charge in [0.2, 0.25) is 0 Å². The molecule has 0 unspecified atom stereocenters. The Kier molecular flexibility index (Phi) is 4.62. The van der Waals surface area contributed by atoms with Crippen LogP contribution in [0.4, 0.5) is 5.69 Å². The Bertz CT molecular complexity index is 620. The highest BCUT2D eigenvalue weighted by molar-refractivity contribution is 9.10. The van der Waals surface area contributed by atoms with Gasteiger partial charge in [0.1, 0.15) is 5.69 Å². The Hall–Kier alpha value is -1.59. The number of amides is 1. The fraction of sp³-hybridized carbons (Fsp3) is 0.267. The van der Waals surface area contributed by atoms with Crippen LogP contribution in [0.25, 0.3) is 0 Å². The first-order valence-corrected chi connectivity index (χ1v) is 7.19. The minimum Gasteiger partial charge on any atom is -0.392 e. The lowest BCUT2D eigenvalue weighted by Gasteiger charge is -2.13. The van der Waals surface area contributed by atoms with Gasteiger partial charge in [0, 0.05) is 22.4 Å². The second-order valence-corrected chi connectivity index (χ2v) is 5.77. The third kappa shape index (κ3) is 3.29. The average molecular weight is 337 g/mol. The molecule has 0 aliphatic carbocycles. The maximum Gasteiger partial charge on any atom is 0.272 e. The molecule has 2 rings (SSSR count). The van der Waals surface area contributed by atoms with Crippen molar-refractivity contribution in [2.75, 3.05) is 5.32 Å². The number of carbonyl (C=O) groups is 1. The van der Waals surface area contributed by atoms with Crippen LogP contribution < -0.4 is 5.32 Å². The summed E-state index contributed by atoms with van der Waals surface area (Å²) in [6.45, 7) is 4.00. The zero-order valence-electron chi connectivity index (χ0n) is 11.4. The number of hydrogen-bond donors (Lipinski definition) is 2. The summed E-state index contributed by atoms with van der Waals surface area (Å²) in [5, 5.41) is 12.0. The largest absolute Gasteiger partial charge is 0.392 e. The van der Waals surface area contributed by atoms with E-state index in [1.54, 1.807) is 24.3 Å². The number of benzene rings is 1. The van der Waals surface area contributed by atoms with Crippen LogP contribution in [-0.4, -0.2) is 15.6 Å². The van der Waals surface area contributed by atoms with E-state index in [4.69, 9.17) is 5.11 Å². The standard InChI is InChI=1S/C15H17BrN2O2/c1-10(2)18-8-12(16)7-14(18)15(20)17-13-5-3-4-11(6-13)9-19/h3-8,10,19H,9H2,1-2H3,(H,17,20). The predicted molar refractivity (Wildman–Crippen MR) is 82.8 cm³/mol. The third-order valence-corrected chi connectivity index (χ3v) is 3.41. The monoisotopic (exact) mass is 336 g/mol. The highest BCUT2D eigenvalue weighted by Crippen LogP contribution is 2.21. The number of aromatic nitrogens is 1. The molecule has 1 heterocycles. The van der Waals surface area contributed by atoms with Gasteiger partial charge in [0.25, 0.3) is 5.91 Å². The molecule has 0 saturated heterocycles. The van der Waals surface area contributed by atoms with Gasteiger partial charge in [-0.25, -0.2) is 0 Å². The minimum absolute atomic E-state index is 0.0440. The number of aliphatic hydroxyl groups excluding tert-OH is 1. The van der Waals surface area contributed by atoms with E-state index < -0.39 is 0 Å². The maximum atomic E-state index is 12.3. The summed E-state index contributed by atoms with van der Waals surface area (Å²) in [6, 6.07) is 9.17. The number of carbonyl (C=O) groups excluding carboxylic acids is 1. The summed E-state index contributed by atoms with van der Waals surface area (Å²) in [5.74, 6) is -0.167. The van der Waals surface area contributed by atoms with Crippen molar-refractivity contribution in [2.24, 2.45) is 0 Å². The van der Waals surface area contributed by atoms with E-state index in [0.29, 0.717) is 11.4 Å². The highest BCUT2D eigenvalue weighted by atomic mass is 79.9. The maximum absolute atomic E-state index is 12.3. The van der Waals surface area contributed by atoms with Crippen LogP contribution >= 0.6 is 15.9 Å². The van der Waals surface area contributed by atoms with Crippen molar-refractivity contribution in [2.45, 2.75) is 26.5 Å². The smallest absolute Gasteiger partial charge is 0.272 e. The van der Waals surface area contributed by atoms with E-state index in [1.807, 2.05) is 30.7 Å². The fourth-order valence-corrected chi connectivity index (χ4v) is 2.43. The molecule has 0 fully saturated rings. The molecular weight excluding hydrogens is 320 g/mol. The second kappa shape index (κ2) is 6.24. The zero-order chi connectivity index (χ0) is 14.7. The molecular formula is C15H17BrN2O2. The molecule has 0 spiro atoms. The van der Waals surface area contributed by atoms with Gasteiger partial charge in [-0.15, -0.1) is 0 Å². The number of anilines is 1. The van der Waals surface area contributed by atoms with Gasteiger partial charge in [0.15, 0.2) is 0 Å². The van der Waals surface area contributed by atoms with E-state index in [9.17, 15) is 4.79 Å². The van der Waals surface area contributed by atoms with Gasteiger partial charge in [-0.3, -0.25) is 4.79 Å². The minimum atomic E-state index is -0.167. The van der Waals surface area contributed by atoms with Crippen LogP contribution in [0.15, 0.2) is 41.0 Å². The molecule has 0 bridgehead atoms. The molecule has 1 amide bonds. The Morgan fingerprint density at radius 2 is 2.15 bits per heavy atom. The van der Waals surface area contributed by atoms with Crippen LogP contribution in [-0.2, 0) is 6.61 Å². The third-order valence-electron chi connectivity index (χ3n) is 2.97. The number of hydrogen-bond acceptors (Lipinski definition) is 2. The lowest BCUT2D eigenvalue weighted by molar-refractivity contribution is 0.101. The van der Waals surface area contributed by atoms with Crippen LogP contribution in [0, 0.1) is 0 Å². The van der Waals surface area contributed by atoms with Crippen LogP contribution in [0.5, 0.6) is 0 Å². The summed E-state index contributed by atoms with van der Waals surface area (Å²) in [6.07, 6.45) is 1.89. The van der Waals surface area contributed by atoms with E-state index >= 15 is 0 Å². The second-order valence-electron chi connectivity index (χ2n) is 4.86. The molecule has 0 radical (unpaired) electrons. The van der Waals surface area contributed by atoms with Gasteiger partial charge in [-0.1, -0.05) is 12.1 Å². The topological polar surface area (TPSA) is 54.3 Å². The molecule has 106 valence electrons. The van der Waals surface area contributed by atoms with Crippen LogP contribution in [0.1, 0.15) is 35.9 Å². The molecule has 0 atom stereocenters. The first-order chi connectivity index (χ1) is 9.51. The lowest BCUT2D eigenvalue weighted by atomic mass is 10.2. The molecule has 2 N–H and O–H groups in total. The SMILES string of the molecule is CC(C)n1cc(Br)cc1C(=O)Nc1cccc(CO)c1. The van der Waals surface area contributed by atoms with Gasteiger partial charge in [0.05, 0.1) is 6.61 Å². The summed E-state index contributed by atoms with van der Waals surface area (Å²) in [7, 11) is 0. The van der Waals surface area contributed by atoms with Crippen molar-refractivity contribution in [3.05, 3.63) is 52.3 Å². The quantitative estimate of drug-likeness (QED) is 0.896. The molecule has 1 aromatic heterocycles. The summed E-state index contributed by atoms with van der Waals surface area (Å²) >= 11 is 3.39. The Morgan fingerprint density at radius 3 is 2.80 bits per heavy atom. The lowest BCUT2D eigenvalue weighted by Crippen LogP contribution is -2.17. The average Bonchev–Trinajstić information content (AvgIpc) is 2.81. The zero-order valence-corrected chi connectivity index (χ0v) is 13.0. The number of nitrogens with one attached hydrogen (secondary N) is 1. The van der Waals surface area contributed by atoms with Gasteiger partial charge in [-0.2, -0.15) is 0 Å². The first kappa shape index (κ1) is 14.8. The van der Waals surface area contributed by atoms with Crippen molar-refractivity contribution in [3.8, 4) is 0 Å². The summed E-state index contributed by atoms with van der Waals surface area (Å²) in [5.41, 5.74) is 2.04. The van der Waals surface area contributed by atoms with Crippen molar-refractivity contribution in [3.63, 3.8) is 0 Å². The predicted octanol–water partition coefficient (Wildman–Crippen LogP) is 3.58. The summed E-state index contributed by atoms with van der Waals surface area (Å²) < 4.78 is 2.79. The summed E-state index contributed by atoms with van der Waals surface area (Å²) in [4.78, 5) is 12.3. The van der Waals surface area contributed by atoms with Gasteiger partial charge < -0.3 is 15.0 Å². The van der Waals surface area contributed by atoms with Crippen molar-refractivity contribution >= 4 is 27.5 Å². The fourth-order valence-electron chi connectivity index (χ4n) is 2.00. The first-order valence-electron chi connectivity index (χ1n) is 6.39. The van der Waals surface area contributed by atoms with Crippen LogP contribution in [0.3, 0.4) is 0 Å². The molecule has 0 saturated carbocycles. The molecule has 0 aliphatic rings. The van der Waals surface area contributed by atoms with E-state index in [2.05, 4.69) is 21.2 Å². The Balaban J connectivity index is 2.23. The van der Waals surface area contributed by atoms with E-state index in [-0.39, 0.29) is 18.6 Å². The van der Waals surface area contributed by atoms with Crippen molar-refractivity contribution in [1.82, 2.24) is 4.57 Å². The molecule has 0 aliphatic heterocycles.